The van der Waals surface area contributed by atoms with Crippen LogP contribution in [0.4, 0.5) is 0 Å². The van der Waals surface area contributed by atoms with Crippen molar-refractivity contribution >= 4 is 45.7 Å². The summed E-state index contributed by atoms with van der Waals surface area (Å²) in [6.45, 7) is 3.93. The highest BCUT2D eigenvalue weighted by Crippen LogP contribution is 2.33. The van der Waals surface area contributed by atoms with Crippen LogP contribution in [0.25, 0.3) is 22.3 Å². The summed E-state index contributed by atoms with van der Waals surface area (Å²) in [6, 6.07) is 9.43. The van der Waals surface area contributed by atoms with Gasteiger partial charge < -0.3 is 0 Å². The van der Waals surface area contributed by atoms with E-state index in [4.69, 9.17) is 34.8 Å². The van der Waals surface area contributed by atoms with Gasteiger partial charge in [0.05, 0.1) is 15.6 Å². The molecule has 2 nitrogen and oxygen atoms in total. The molecular formula is C16H11Cl3N2. The highest BCUT2D eigenvalue weighted by atomic mass is 35.5. The number of halogens is 3. The summed E-state index contributed by atoms with van der Waals surface area (Å²) in [5.74, 6) is 0.477. The van der Waals surface area contributed by atoms with Gasteiger partial charge in [0.25, 0.3) is 0 Å². The van der Waals surface area contributed by atoms with Crippen molar-refractivity contribution in [3.63, 3.8) is 0 Å². The zero-order valence-corrected chi connectivity index (χ0v) is 13.7. The van der Waals surface area contributed by atoms with Crippen LogP contribution in [-0.4, -0.2) is 9.97 Å². The Balaban J connectivity index is 2.33. The van der Waals surface area contributed by atoms with Crippen molar-refractivity contribution in [1.29, 1.82) is 0 Å². The maximum atomic E-state index is 6.32. The number of hydrogen-bond donors (Lipinski definition) is 0. The van der Waals surface area contributed by atoms with Gasteiger partial charge in [-0.05, 0) is 43.2 Å². The van der Waals surface area contributed by atoms with Crippen LogP contribution >= 0.6 is 34.8 Å². The average molecular weight is 338 g/mol. The lowest BCUT2D eigenvalue weighted by Gasteiger charge is -2.09. The molecule has 106 valence electrons. The number of hydrogen-bond acceptors (Lipinski definition) is 2. The molecule has 1 heterocycles. The summed E-state index contributed by atoms with van der Waals surface area (Å²) < 4.78 is 0. The minimum Gasteiger partial charge on any atom is -0.226 e. The molecule has 0 aliphatic carbocycles. The molecule has 2 aromatic carbocycles. The number of aromatic nitrogens is 2. The topological polar surface area (TPSA) is 25.8 Å². The van der Waals surface area contributed by atoms with Crippen molar-refractivity contribution in [2.45, 2.75) is 13.8 Å². The van der Waals surface area contributed by atoms with Gasteiger partial charge in [-0.1, -0.05) is 46.9 Å². The van der Waals surface area contributed by atoms with Gasteiger partial charge in [0.2, 0.25) is 0 Å². The molecule has 0 fully saturated rings. The average Bonchev–Trinajstić information content (AvgIpc) is 2.42. The molecule has 3 aromatic rings. The third-order valence-electron chi connectivity index (χ3n) is 3.33. The molecule has 0 aliphatic rings. The molecule has 5 heteroatoms. The third kappa shape index (κ3) is 2.59. The standard InChI is InChI=1S/C16H11Cl3N2/c1-8-3-5-10(12(18)7-8)16-20-14-11(17)6-4-9(2)13(14)15(19)21-16/h3-7H,1-2H3. The highest BCUT2D eigenvalue weighted by Gasteiger charge is 2.14. The van der Waals surface area contributed by atoms with Crippen molar-refractivity contribution < 1.29 is 0 Å². The molecule has 0 N–H and O–H groups in total. The van der Waals surface area contributed by atoms with E-state index in [-0.39, 0.29) is 0 Å². The molecule has 0 unspecified atom stereocenters. The molecule has 21 heavy (non-hydrogen) atoms. The van der Waals surface area contributed by atoms with E-state index in [1.165, 1.54) is 0 Å². The van der Waals surface area contributed by atoms with E-state index in [2.05, 4.69) is 9.97 Å². The first-order valence-electron chi connectivity index (χ1n) is 6.36. The number of rotatable bonds is 1. The number of nitrogens with zero attached hydrogens (tertiary/aromatic N) is 2. The maximum absolute atomic E-state index is 6.32. The van der Waals surface area contributed by atoms with E-state index in [9.17, 15) is 0 Å². The Morgan fingerprint density at radius 1 is 0.857 bits per heavy atom. The molecule has 1 aromatic heterocycles. The largest absolute Gasteiger partial charge is 0.226 e. The van der Waals surface area contributed by atoms with Crippen LogP contribution in [0.2, 0.25) is 15.2 Å². The van der Waals surface area contributed by atoms with E-state index in [1.807, 2.05) is 44.2 Å². The van der Waals surface area contributed by atoms with Crippen LogP contribution in [0.3, 0.4) is 0 Å². The first-order chi connectivity index (χ1) is 9.97. The van der Waals surface area contributed by atoms with Gasteiger partial charge in [-0.3, -0.25) is 0 Å². The van der Waals surface area contributed by atoms with Crippen LogP contribution in [0.1, 0.15) is 11.1 Å². The van der Waals surface area contributed by atoms with Crippen LogP contribution in [0.5, 0.6) is 0 Å². The summed E-state index contributed by atoms with van der Waals surface area (Å²) in [5.41, 5.74) is 3.44. The quantitative estimate of drug-likeness (QED) is 0.519. The van der Waals surface area contributed by atoms with E-state index in [0.29, 0.717) is 26.5 Å². The molecule has 0 saturated heterocycles. The third-order valence-corrected chi connectivity index (χ3v) is 4.22. The normalized spacial score (nSPS) is 11.1. The highest BCUT2D eigenvalue weighted by molar-refractivity contribution is 6.39. The summed E-state index contributed by atoms with van der Waals surface area (Å²) in [6.07, 6.45) is 0. The fourth-order valence-electron chi connectivity index (χ4n) is 2.24. The van der Waals surface area contributed by atoms with Crippen LogP contribution < -0.4 is 0 Å². The van der Waals surface area contributed by atoms with Crippen molar-refractivity contribution in [2.75, 3.05) is 0 Å². The van der Waals surface area contributed by atoms with Crippen molar-refractivity contribution in [2.24, 2.45) is 0 Å². The second-order valence-electron chi connectivity index (χ2n) is 4.91. The first kappa shape index (κ1) is 14.6. The SMILES string of the molecule is Cc1ccc(-c2nc(Cl)c3c(C)ccc(Cl)c3n2)c(Cl)c1. The Morgan fingerprint density at radius 3 is 2.33 bits per heavy atom. The van der Waals surface area contributed by atoms with E-state index in [0.717, 1.165) is 22.1 Å². The second kappa shape index (κ2) is 5.45. The molecule has 0 saturated carbocycles. The summed E-state index contributed by atoms with van der Waals surface area (Å²) in [7, 11) is 0. The van der Waals surface area contributed by atoms with E-state index in [1.54, 1.807) is 0 Å². The monoisotopic (exact) mass is 336 g/mol. The lowest BCUT2D eigenvalue weighted by Crippen LogP contribution is -1.95. The van der Waals surface area contributed by atoms with Gasteiger partial charge >= 0.3 is 0 Å². The Bertz CT molecular complexity index is 860. The number of benzene rings is 2. The molecule has 0 spiro atoms. The van der Waals surface area contributed by atoms with Gasteiger partial charge in [0, 0.05) is 10.9 Å². The van der Waals surface area contributed by atoms with Gasteiger partial charge in [0.15, 0.2) is 5.82 Å². The molecule has 0 radical (unpaired) electrons. The number of aryl methyl sites for hydroxylation is 2. The zero-order valence-electron chi connectivity index (χ0n) is 11.4. The van der Waals surface area contributed by atoms with E-state index >= 15 is 0 Å². The Hall–Kier alpha value is -1.35. The summed E-state index contributed by atoms with van der Waals surface area (Å²) >= 11 is 18.8. The lowest BCUT2D eigenvalue weighted by atomic mass is 10.1. The minimum absolute atomic E-state index is 0.381. The lowest BCUT2D eigenvalue weighted by molar-refractivity contribution is 1.22. The Morgan fingerprint density at radius 2 is 1.62 bits per heavy atom. The Kier molecular flexibility index (Phi) is 3.78. The van der Waals surface area contributed by atoms with Crippen LogP contribution in [0, 0.1) is 13.8 Å². The fraction of sp³-hybridized carbons (Fsp3) is 0.125. The van der Waals surface area contributed by atoms with Crippen LogP contribution in [0.15, 0.2) is 30.3 Å². The van der Waals surface area contributed by atoms with Crippen molar-refractivity contribution in [3.8, 4) is 11.4 Å². The fourth-order valence-corrected chi connectivity index (χ4v) is 3.08. The summed E-state index contributed by atoms with van der Waals surface area (Å²) in [4.78, 5) is 8.92. The predicted molar refractivity (Wildman–Crippen MR) is 89.5 cm³/mol. The van der Waals surface area contributed by atoms with Gasteiger partial charge in [-0.15, -0.1) is 0 Å². The van der Waals surface area contributed by atoms with Gasteiger partial charge in [-0.25, -0.2) is 9.97 Å². The zero-order chi connectivity index (χ0) is 15.1. The van der Waals surface area contributed by atoms with Gasteiger partial charge in [0.1, 0.15) is 5.15 Å². The molecule has 0 atom stereocenters. The minimum atomic E-state index is 0.381. The first-order valence-corrected chi connectivity index (χ1v) is 7.49. The molecule has 0 aliphatic heterocycles. The van der Waals surface area contributed by atoms with Gasteiger partial charge in [-0.2, -0.15) is 0 Å². The Labute approximate surface area is 137 Å². The second-order valence-corrected chi connectivity index (χ2v) is 6.08. The number of fused-ring (bicyclic) bond motifs is 1. The maximum Gasteiger partial charge on any atom is 0.163 e. The summed E-state index contributed by atoms with van der Waals surface area (Å²) in [5, 5.41) is 2.29. The van der Waals surface area contributed by atoms with Crippen molar-refractivity contribution in [1.82, 2.24) is 9.97 Å². The molecule has 0 amide bonds. The van der Waals surface area contributed by atoms with E-state index < -0.39 is 0 Å². The molecule has 0 bridgehead atoms. The molecule has 3 rings (SSSR count). The van der Waals surface area contributed by atoms with Crippen molar-refractivity contribution in [3.05, 3.63) is 56.7 Å². The smallest absolute Gasteiger partial charge is 0.163 e. The van der Waals surface area contributed by atoms with Crippen LogP contribution in [-0.2, 0) is 0 Å². The predicted octanol–water partition coefficient (Wildman–Crippen LogP) is 5.87. The molecular weight excluding hydrogens is 327 g/mol.